The molecule has 1 aliphatic carbocycles. The van der Waals surface area contributed by atoms with Gasteiger partial charge in [-0.1, -0.05) is 24.6 Å². The first kappa shape index (κ1) is 8.98. The van der Waals surface area contributed by atoms with E-state index in [0.717, 1.165) is 12.1 Å². The van der Waals surface area contributed by atoms with E-state index < -0.39 is 0 Å². The lowest BCUT2D eigenvalue weighted by Crippen LogP contribution is -2.41. The second kappa shape index (κ2) is 3.11. The van der Waals surface area contributed by atoms with Crippen LogP contribution in [0.1, 0.15) is 24.8 Å². The predicted octanol–water partition coefficient (Wildman–Crippen LogP) is 2.81. The molecule has 2 aromatic rings. The van der Waals surface area contributed by atoms with E-state index in [1.807, 2.05) is 18.4 Å². The van der Waals surface area contributed by atoms with Crippen LogP contribution in [0.2, 0.25) is 0 Å². The molecule has 2 N–H and O–H groups in total. The Hall–Kier alpha value is -1.28. The molecule has 0 bridgehead atoms. The number of fused-ring (bicyclic) bond motifs is 1. The van der Waals surface area contributed by atoms with E-state index >= 15 is 0 Å². The normalized spacial score (nSPS) is 19.0. The highest BCUT2D eigenvalue weighted by atomic mass is 16.3. The largest absolute Gasteiger partial charge is 0.464 e. The van der Waals surface area contributed by atoms with Crippen molar-refractivity contribution in [1.29, 1.82) is 0 Å². The van der Waals surface area contributed by atoms with Gasteiger partial charge in [-0.25, -0.2) is 0 Å². The molecule has 1 aromatic heterocycles. The number of hydrogen-bond acceptors (Lipinski definition) is 2. The van der Waals surface area contributed by atoms with Crippen LogP contribution in [0.15, 0.2) is 34.9 Å². The monoisotopic (exact) mass is 201 g/mol. The molecule has 1 aliphatic rings. The van der Waals surface area contributed by atoms with Crippen molar-refractivity contribution in [3.63, 3.8) is 0 Å². The van der Waals surface area contributed by atoms with Crippen LogP contribution in [0.4, 0.5) is 0 Å². The van der Waals surface area contributed by atoms with E-state index in [1.54, 1.807) is 0 Å². The molecule has 1 aromatic carbocycles. The van der Waals surface area contributed by atoms with Crippen LogP contribution in [-0.4, -0.2) is 6.54 Å². The maximum absolute atomic E-state index is 5.91. The molecule has 0 amide bonds. The van der Waals surface area contributed by atoms with Crippen molar-refractivity contribution in [3.05, 3.63) is 36.1 Å². The molecule has 0 unspecified atom stereocenters. The zero-order valence-electron chi connectivity index (χ0n) is 8.70. The minimum absolute atomic E-state index is 0.201. The van der Waals surface area contributed by atoms with E-state index in [0.29, 0.717) is 0 Å². The average Bonchev–Trinajstić information content (AvgIpc) is 2.62. The van der Waals surface area contributed by atoms with Crippen molar-refractivity contribution in [2.24, 2.45) is 5.73 Å². The van der Waals surface area contributed by atoms with Crippen LogP contribution >= 0.6 is 0 Å². The summed E-state index contributed by atoms with van der Waals surface area (Å²) in [5.74, 6) is 0. The van der Waals surface area contributed by atoms with Crippen LogP contribution in [0.3, 0.4) is 0 Å². The maximum atomic E-state index is 5.91. The van der Waals surface area contributed by atoms with Gasteiger partial charge in [-0.3, -0.25) is 0 Å². The van der Waals surface area contributed by atoms with E-state index in [9.17, 15) is 0 Å². The number of para-hydroxylation sites is 1. The highest BCUT2D eigenvalue weighted by molar-refractivity contribution is 5.82. The molecule has 15 heavy (non-hydrogen) atoms. The van der Waals surface area contributed by atoms with Gasteiger partial charge in [0.2, 0.25) is 0 Å². The fourth-order valence-electron chi connectivity index (χ4n) is 2.58. The fourth-order valence-corrected chi connectivity index (χ4v) is 2.58. The van der Waals surface area contributed by atoms with E-state index in [-0.39, 0.29) is 5.41 Å². The molecule has 0 radical (unpaired) electrons. The maximum Gasteiger partial charge on any atom is 0.134 e. The van der Waals surface area contributed by atoms with E-state index in [1.165, 1.54) is 30.2 Å². The number of nitrogens with two attached hydrogens (primary N) is 1. The summed E-state index contributed by atoms with van der Waals surface area (Å²) in [6.45, 7) is 0.733. The summed E-state index contributed by atoms with van der Waals surface area (Å²) < 4.78 is 5.58. The molecule has 2 nitrogen and oxygen atoms in total. The van der Waals surface area contributed by atoms with Gasteiger partial charge in [0, 0.05) is 22.9 Å². The van der Waals surface area contributed by atoms with Gasteiger partial charge in [0.25, 0.3) is 0 Å². The molecule has 0 spiro atoms. The molecule has 78 valence electrons. The third-order valence-corrected chi connectivity index (χ3v) is 3.75. The van der Waals surface area contributed by atoms with Crippen LogP contribution < -0.4 is 5.73 Å². The Morgan fingerprint density at radius 2 is 2.07 bits per heavy atom. The lowest BCUT2D eigenvalue weighted by molar-refractivity contribution is 0.253. The highest BCUT2D eigenvalue weighted by Gasteiger charge is 2.39. The molecule has 0 atom stereocenters. The molecule has 0 saturated heterocycles. The fraction of sp³-hybridized carbons (Fsp3) is 0.385. The van der Waals surface area contributed by atoms with Gasteiger partial charge in [-0.05, 0) is 18.9 Å². The van der Waals surface area contributed by atoms with Crippen molar-refractivity contribution in [1.82, 2.24) is 0 Å². The lowest BCUT2D eigenvalue weighted by atomic mass is 9.64. The summed E-state index contributed by atoms with van der Waals surface area (Å²) in [6, 6.07) is 8.21. The van der Waals surface area contributed by atoms with E-state index in [4.69, 9.17) is 10.2 Å². The van der Waals surface area contributed by atoms with Crippen molar-refractivity contribution in [2.75, 3.05) is 6.54 Å². The zero-order valence-corrected chi connectivity index (χ0v) is 8.70. The third kappa shape index (κ3) is 1.15. The highest BCUT2D eigenvalue weighted by Crippen LogP contribution is 2.45. The first-order valence-corrected chi connectivity index (χ1v) is 5.52. The van der Waals surface area contributed by atoms with Crippen LogP contribution in [0.25, 0.3) is 11.0 Å². The number of benzene rings is 1. The van der Waals surface area contributed by atoms with E-state index in [2.05, 4.69) is 12.1 Å². The third-order valence-electron chi connectivity index (χ3n) is 3.75. The number of furan rings is 1. The summed E-state index contributed by atoms with van der Waals surface area (Å²) >= 11 is 0. The summed E-state index contributed by atoms with van der Waals surface area (Å²) in [5, 5.41) is 1.24. The second-order valence-corrected chi connectivity index (χ2v) is 4.48. The topological polar surface area (TPSA) is 39.2 Å². The number of rotatable bonds is 2. The zero-order chi connectivity index (χ0) is 10.3. The summed E-state index contributed by atoms with van der Waals surface area (Å²) in [4.78, 5) is 0. The van der Waals surface area contributed by atoms with Crippen LogP contribution in [0, 0.1) is 0 Å². The van der Waals surface area contributed by atoms with Gasteiger partial charge in [0.05, 0.1) is 6.26 Å². The SMILES string of the molecule is NCC1(c2coc3ccccc23)CCC1. The smallest absolute Gasteiger partial charge is 0.134 e. The summed E-state index contributed by atoms with van der Waals surface area (Å²) in [6.07, 6.45) is 5.59. The van der Waals surface area contributed by atoms with Gasteiger partial charge in [-0.2, -0.15) is 0 Å². The molecule has 1 heterocycles. The second-order valence-electron chi connectivity index (χ2n) is 4.48. The van der Waals surface area contributed by atoms with Crippen molar-refractivity contribution >= 4 is 11.0 Å². The molecule has 3 rings (SSSR count). The van der Waals surface area contributed by atoms with Gasteiger partial charge in [0.1, 0.15) is 5.58 Å². The molecule has 1 saturated carbocycles. The Bertz CT molecular complexity index is 476. The van der Waals surface area contributed by atoms with Crippen LogP contribution in [-0.2, 0) is 5.41 Å². The first-order chi connectivity index (χ1) is 7.36. The van der Waals surface area contributed by atoms with Crippen molar-refractivity contribution in [3.8, 4) is 0 Å². The first-order valence-electron chi connectivity index (χ1n) is 5.52. The molecule has 0 aliphatic heterocycles. The number of hydrogen-bond donors (Lipinski definition) is 1. The van der Waals surface area contributed by atoms with Gasteiger partial charge < -0.3 is 10.2 Å². The van der Waals surface area contributed by atoms with Crippen molar-refractivity contribution < 1.29 is 4.42 Å². The Labute approximate surface area is 89.1 Å². The quantitative estimate of drug-likeness (QED) is 0.811. The average molecular weight is 201 g/mol. The molecular weight excluding hydrogens is 186 g/mol. The Kier molecular flexibility index (Phi) is 1.86. The van der Waals surface area contributed by atoms with Crippen molar-refractivity contribution in [2.45, 2.75) is 24.7 Å². The summed E-state index contributed by atoms with van der Waals surface area (Å²) in [7, 11) is 0. The van der Waals surface area contributed by atoms with Gasteiger partial charge >= 0.3 is 0 Å². The Balaban J connectivity index is 2.18. The predicted molar refractivity (Wildman–Crippen MR) is 60.8 cm³/mol. The van der Waals surface area contributed by atoms with Gasteiger partial charge in [-0.15, -0.1) is 0 Å². The molecule has 1 fully saturated rings. The Morgan fingerprint density at radius 1 is 1.27 bits per heavy atom. The minimum Gasteiger partial charge on any atom is -0.464 e. The standard InChI is InChI=1S/C13H15NO/c14-9-13(6-3-7-13)11-8-15-12-5-2-1-4-10(11)12/h1-2,4-5,8H,3,6-7,9,14H2. The van der Waals surface area contributed by atoms with Crippen LogP contribution in [0.5, 0.6) is 0 Å². The minimum atomic E-state index is 0.201. The molecule has 2 heteroatoms. The lowest BCUT2D eigenvalue weighted by Gasteiger charge is -2.40. The van der Waals surface area contributed by atoms with Gasteiger partial charge in [0.15, 0.2) is 0 Å². The Morgan fingerprint density at radius 3 is 2.73 bits per heavy atom. The summed E-state index contributed by atoms with van der Waals surface area (Å²) in [5.41, 5.74) is 8.40. The molecular formula is C13H15NO.